The molecule has 0 N–H and O–H groups in total. The molecule has 8 nitrogen and oxygen atoms in total. The maximum atomic E-state index is 13.6. The Labute approximate surface area is 190 Å². The van der Waals surface area contributed by atoms with E-state index in [1.165, 1.54) is 18.4 Å². The lowest BCUT2D eigenvalue weighted by Crippen LogP contribution is -2.39. The van der Waals surface area contributed by atoms with Gasteiger partial charge in [0.05, 0.1) is 37.7 Å². The Bertz CT molecular complexity index is 1050. The Morgan fingerprint density at radius 2 is 1.97 bits per heavy atom. The monoisotopic (exact) mass is 455 g/mol. The number of furan rings is 1. The zero-order valence-electron chi connectivity index (χ0n) is 18.2. The average molecular weight is 455 g/mol. The summed E-state index contributed by atoms with van der Waals surface area (Å²) in [7, 11) is 0. The van der Waals surface area contributed by atoms with E-state index < -0.39 is 0 Å². The van der Waals surface area contributed by atoms with Gasteiger partial charge in [-0.15, -0.1) is 0 Å². The Balaban J connectivity index is 1.51. The molecule has 1 unspecified atom stereocenters. The highest BCUT2D eigenvalue weighted by atomic mass is 19.1. The number of benzene rings is 1. The Morgan fingerprint density at radius 3 is 2.67 bits per heavy atom. The maximum Gasteiger partial charge on any atom is 0.289 e. The number of hydrogen-bond donors (Lipinski definition) is 0. The number of ether oxygens (including phenoxy) is 2. The first kappa shape index (κ1) is 21.7. The van der Waals surface area contributed by atoms with Crippen molar-refractivity contribution < 1.29 is 27.6 Å². The smallest absolute Gasteiger partial charge is 0.289 e. The summed E-state index contributed by atoms with van der Waals surface area (Å²) in [6.07, 6.45) is 3.32. The summed E-state index contributed by atoms with van der Waals surface area (Å²) in [6, 6.07) is 9.46. The number of carbonyl (C=O) groups is 1. The third-order valence-electron chi connectivity index (χ3n) is 6.00. The van der Waals surface area contributed by atoms with Gasteiger partial charge in [-0.3, -0.25) is 4.79 Å². The molecular weight excluding hydrogens is 429 g/mol. The lowest BCUT2D eigenvalue weighted by atomic mass is 10.1. The quantitative estimate of drug-likeness (QED) is 0.537. The number of morpholine rings is 1. The Hall–Kier alpha value is -3.17. The molecule has 174 valence electrons. The van der Waals surface area contributed by atoms with Crippen LogP contribution in [0.15, 0.2) is 51.6 Å². The third-order valence-corrected chi connectivity index (χ3v) is 6.00. The van der Waals surface area contributed by atoms with Crippen LogP contribution in [0.5, 0.6) is 0 Å². The van der Waals surface area contributed by atoms with Gasteiger partial charge in [-0.2, -0.15) is 0 Å². The summed E-state index contributed by atoms with van der Waals surface area (Å²) in [4.78, 5) is 17.1. The van der Waals surface area contributed by atoms with Crippen molar-refractivity contribution in [3.05, 3.63) is 59.8 Å². The van der Waals surface area contributed by atoms with Crippen molar-refractivity contribution in [2.75, 3.05) is 44.4 Å². The molecule has 2 aliphatic rings. The molecule has 3 aromatic rings. The molecule has 5 rings (SSSR count). The largest absolute Gasteiger partial charge is 0.459 e. The van der Waals surface area contributed by atoms with Crippen LogP contribution in [0, 0.1) is 5.82 Å². The number of aromatic nitrogens is 1. The van der Waals surface area contributed by atoms with Crippen molar-refractivity contribution in [2.45, 2.75) is 25.5 Å². The normalized spacial score (nSPS) is 18.6. The topological polar surface area (TPSA) is 81.2 Å². The second-order valence-corrected chi connectivity index (χ2v) is 8.22. The summed E-state index contributed by atoms with van der Waals surface area (Å²) >= 11 is 0. The SMILES string of the molecule is O=C(c1ccco1)N(Cc1c(-c2ccc(F)cc2)noc1N1CCOCC1)CC1CCCO1. The lowest BCUT2D eigenvalue weighted by Gasteiger charge is -2.29. The molecule has 1 atom stereocenters. The van der Waals surface area contributed by atoms with Gasteiger partial charge in [-0.1, -0.05) is 5.16 Å². The second kappa shape index (κ2) is 9.76. The highest BCUT2D eigenvalue weighted by molar-refractivity contribution is 5.91. The fraction of sp³-hybridized carbons (Fsp3) is 0.417. The van der Waals surface area contributed by atoms with Crippen molar-refractivity contribution >= 4 is 11.8 Å². The van der Waals surface area contributed by atoms with E-state index in [-0.39, 0.29) is 30.1 Å². The molecule has 0 radical (unpaired) electrons. The number of halogens is 1. The van der Waals surface area contributed by atoms with Crippen LogP contribution in [0.3, 0.4) is 0 Å². The molecule has 2 saturated heterocycles. The van der Waals surface area contributed by atoms with Crippen LogP contribution in [0.2, 0.25) is 0 Å². The third kappa shape index (κ3) is 4.79. The summed E-state index contributed by atoms with van der Waals surface area (Å²) in [5.74, 6) is 0.308. The number of amides is 1. The predicted molar refractivity (Wildman–Crippen MR) is 117 cm³/mol. The van der Waals surface area contributed by atoms with Gasteiger partial charge in [-0.25, -0.2) is 4.39 Å². The molecule has 33 heavy (non-hydrogen) atoms. The molecule has 1 aromatic carbocycles. The molecule has 9 heteroatoms. The van der Waals surface area contributed by atoms with E-state index in [4.69, 9.17) is 18.4 Å². The van der Waals surface area contributed by atoms with Crippen LogP contribution in [0.4, 0.5) is 10.3 Å². The molecule has 2 aromatic heterocycles. The van der Waals surface area contributed by atoms with E-state index in [1.807, 2.05) is 0 Å². The molecule has 0 spiro atoms. The molecule has 4 heterocycles. The number of carbonyl (C=O) groups excluding carboxylic acids is 1. The first-order chi connectivity index (χ1) is 16.2. The summed E-state index contributed by atoms with van der Waals surface area (Å²) in [6.45, 7) is 3.85. The van der Waals surface area contributed by atoms with Crippen LogP contribution in [-0.2, 0) is 16.0 Å². The fourth-order valence-electron chi connectivity index (χ4n) is 4.29. The first-order valence-corrected chi connectivity index (χ1v) is 11.2. The number of anilines is 1. The number of rotatable bonds is 7. The summed E-state index contributed by atoms with van der Waals surface area (Å²) < 4.78 is 36.0. The van der Waals surface area contributed by atoms with Crippen LogP contribution < -0.4 is 4.90 Å². The number of nitrogens with zero attached hydrogens (tertiary/aromatic N) is 3. The Kier molecular flexibility index (Phi) is 6.41. The van der Waals surface area contributed by atoms with E-state index in [9.17, 15) is 9.18 Å². The highest BCUT2D eigenvalue weighted by Crippen LogP contribution is 2.34. The van der Waals surface area contributed by atoms with Gasteiger partial charge in [0.1, 0.15) is 11.5 Å². The predicted octanol–water partition coefficient (Wildman–Crippen LogP) is 3.73. The van der Waals surface area contributed by atoms with Crippen LogP contribution >= 0.6 is 0 Å². The molecule has 0 aliphatic carbocycles. The van der Waals surface area contributed by atoms with E-state index in [2.05, 4.69) is 10.1 Å². The van der Waals surface area contributed by atoms with Gasteiger partial charge in [0.15, 0.2) is 5.76 Å². The fourth-order valence-corrected chi connectivity index (χ4v) is 4.29. The summed E-state index contributed by atoms with van der Waals surface area (Å²) in [5.41, 5.74) is 2.07. The van der Waals surface area contributed by atoms with Crippen molar-refractivity contribution in [1.29, 1.82) is 0 Å². The van der Waals surface area contributed by atoms with E-state index in [0.717, 1.165) is 24.0 Å². The highest BCUT2D eigenvalue weighted by Gasteiger charge is 2.30. The van der Waals surface area contributed by atoms with Gasteiger partial charge >= 0.3 is 0 Å². The average Bonchev–Trinajstić information content (AvgIpc) is 3.62. The van der Waals surface area contributed by atoms with E-state index >= 15 is 0 Å². The molecule has 0 saturated carbocycles. The van der Waals surface area contributed by atoms with Crippen molar-refractivity contribution in [2.24, 2.45) is 0 Å². The van der Waals surface area contributed by atoms with Crippen LogP contribution in [0.1, 0.15) is 29.0 Å². The standard InChI is InChI=1S/C24H26FN3O5/c25-18-7-5-17(6-8-18)22-20(24(33-26-22)27-9-13-30-14-10-27)16-28(15-19-3-1-11-31-19)23(29)21-4-2-12-32-21/h2,4-8,12,19H,1,3,9-11,13-16H2. The molecule has 2 aliphatic heterocycles. The van der Waals surface area contributed by atoms with E-state index in [1.54, 1.807) is 29.2 Å². The van der Waals surface area contributed by atoms with Gasteiger partial charge in [0.25, 0.3) is 5.91 Å². The van der Waals surface area contributed by atoms with E-state index in [0.29, 0.717) is 51.0 Å². The minimum absolute atomic E-state index is 0.0371. The molecule has 0 bridgehead atoms. The van der Waals surface area contributed by atoms with Crippen molar-refractivity contribution in [3.8, 4) is 11.3 Å². The second-order valence-electron chi connectivity index (χ2n) is 8.22. The lowest BCUT2D eigenvalue weighted by molar-refractivity contribution is 0.0484. The molecule has 2 fully saturated rings. The number of hydrogen-bond acceptors (Lipinski definition) is 7. The van der Waals surface area contributed by atoms with Crippen LogP contribution in [0.25, 0.3) is 11.3 Å². The zero-order valence-corrected chi connectivity index (χ0v) is 18.2. The van der Waals surface area contributed by atoms with Crippen molar-refractivity contribution in [1.82, 2.24) is 10.1 Å². The zero-order chi connectivity index (χ0) is 22.6. The molecular formula is C24H26FN3O5. The van der Waals surface area contributed by atoms with Gasteiger partial charge < -0.3 is 28.2 Å². The maximum absolute atomic E-state index is 13.6. The molecule has 1 amide bonds. The minimum atomic E-state index is -0.329. The van der Waals surface area contributed by atoms with Gasteiger partial charge in [0, 0.05) is 31.8 Å². The van der Waals surface area contributed by atoms with Gasteiger partial charge in [0.2, 0.25) is 5.88 Å². The van der Waals surface area contributed by atoms with Gasteiger partial charge in [-0.05, 0) is 49.2 Å². The first-order valence-electron chi connectivity index (χ1n) is 11.2. The Morgan fingerprint density at radius 1 is 1.15 bits per heavy atom. The van der Waals surface area contributed by atoms with Crippen molar-refractivity contribution in [3.63, 3.8) is 0 Å². The minimum Gasteiger partial charge on any atom is -0.459 e. The van der Waals surface area contributed by atoms with Crippen LogP contribution in [-0.4, -0.2) is 61.5 Å². The summed E-state index contributed by atoms with van der Waals surface area (Å²) in [5, 5.41) is 4.33.